The Kier molecular flexibility index (Phi) is 3.64. The fourth-order valence-electron chi connectivity index (χ4n) is 2.29. The molecule has 0 aromatic carbocycles. The van der Waals surface area contributed by atoms with E-state index >= 15 is 0 Å². The summed E-state index contributed by atoms with van der Waals surface area (Å²) in [6.07, 6.45) is 1.74. The van der Waals surface area contributed by atoms with Crippen LogP contribution < -0.4 is 10.6 Å². The molecular formula is C13H20N2O3. The Morgan fingerprint density at radius 1 is 1.22 bits per heavy atom. The number of hydrogen-bond donors (Lipinski definition) is 2. The third-order valence-electron chi connectivity index (χ3n) is 3.77. The maximum Gasteiger partial charge on any atom is 0.328 e. The smallest absolute Gasteiger partial charge is 0.277 e. The third kappa shape index (κ3) is 2.17. The van der Waals surface area contributed by atoms with Crippen molar-refractivity contribution in [2.24, 2.45) is 16.7 Å². The van der Waals surface area contributed by atoms with Crippen molar-refractivity contribution in [2.45, 2.75) is 34.1 Å². The van der Waals surface area contributed by atoms with Crippen molar-refractivity contribution in [3.05, 3.63) is 12.7 Å². The first-order valence-electron chi connectivity index (χ1n) is 5.94. The lowest BCUT2D eigenvalue weighted by Gasteiger charge is -2.43. The predicted octanol–water partition coefficient (Wildman–Crippen LogP) is 1.60. The second-order valence-electron chi connectivity index (χ2n) is 5.79. The number of carbonyl (C=O) groups is 3. The van der Waals surface area contributed by atoms with Gasteiger partial charge in [-0.25, -0.2) is 4.79 Å². The van der Waals surface area contributed by atoms with E-state index < -0.39 is 23.3 Å². The fraction of sp³-hybridized carbons (Fsp3) is 0.615. The van der Waals surface area contributed by atoms with E-state index in [1.165, 1.54) is 6.08 Å². The van der Waals surface area contributed by atoms with Gasteiger partial charge in [0.15, 0.2) is 0 Å². The maximum absolute atomic E-state index is 12.2. The van der Waals surface area contributed by atoms with Crippen LogP contribution in [-0.2, 0) is 9.59 Å². The van der Waals surface area contributed by atoms with Crippen molar-refractivity contribution < 1.29 is 14.4 Å². The molecule has 1 fully saturated rings. The van der Waals surface area contributed by atoms with Gasteiger partial charge in [-0.15, -0.1) is 6.58 Å². The topological polar surface area (TPSA) is 75.3 Å². The number of urea groups is 1. The van der Waals surface area contributed by atoms with E-state index in [1.54, 1.807) is 0 Å². The highest BCUT2D eigenvalue weighted by molar-refractivity contribution is 6.19. The van der Waals surface area contributed by atoms with Gasteiger partial charge in [-0.2, -0.15) is 0 Å². The van der Waals surface area contributed by atoms with Crippen LogP contribution in [0.5, 0.6) is 0 Å². The molecule has 1 heterocycles. The molecule has 1 aliphatic rings. The molecule has 1 aliphatic heterocycles. The van der Waals surface area contributed by atoms with Crippen LogP contribution in [0.4, 0.5) is 4.79 Å². The summed E-state index contributed by atoms with van der Waals surface area (Å²) in [5, 5.41) is 4.36. The highest BCUT2D eigenvalue weighted by Crippen LogP contribution is 2.44. The molecular weight excluding hydrogens is 232 g/mol. The van der Waals surface area contributed by atoms with Gasteiger partial charge in [0.1, 0.15) is 5.41 Å². The van der Waals surface area contributed by atoms with Crippen LogP contribution in [0.15, 0.2) is 12.7 Å². The van der Waals surface area contributed by atoms with Crippen molar-refractivity contribution in [3.63, 3.8) is 0 Å². The molecule has 2 N–H and O–H groups in total. The maximum atomic E-state index is 12.2. The molecule has 100 valence electrons. The minimum absolute atomic E-state index is 0.205. The largest absolute Gasteiger partial charge is 0.328 e. The molecule has 18 heavy (non-hydrogen) atoms. The summed E-state index contributed by atoms with van der Waals surface area (Å²) >= 11 is 0. The lowest BCUT2D eigenvalue weighted by atomic mass is 9.61. The van der Waals surface area contributed by atoms with Crippen LogP contribution in [0, 0.1) is 16.7 Å². The molecule has 0 unspecified atom stereocenters. The number of hydrogen-bond acceptors (Lipinski definition) is 3. The molecule has 1 atom stereocenters. The van der Waals surface area contributed by atoms with Gasteiger partial charge < -0.3 is 0 Å². The summed E-state index contributed by atoms with van der Waals surface area (Å²) < 4.78 is 0. The molecule has 4 amide bonds. The van der Waals surface area contributed by atoms with Gasteiger partial charge in [0.05, 0.1) is 0 Å². The Morgan fingerprint density at radius 2 is 1.67 bits per heavy atom. The van der Waals surface area contributed by atoms with Crippen molar-refractivity contribution in [2.75, 3.05) is 0 Å². The van der Waals surface area contributed by atoms with E-state index in [-0.39, 0.29) is 17.8 Å². The zero-order valence-corrected chi connectivity index (χ0v) is 11.3. The van der Waals surface area contributed by atoms with Gasteiger partial charge in [-0.1, -0.05) is 33.8 Å². The summed E-state index contributed by atoms with van der Waals surface area (Å²) in [4.78, 5) is 35.5. The van der Waals surface area contributed by atoms with Crippen LogP contribution in [-0.4, -0.2) is 17.8 Å². The average molecular weight is 252 g/mol. The lowest BCUT2D eigenvalue weighted by Crippen LogP contribution is -2.65. The predicted molar refractivity (Wildman–Crippen MR) is 67.5 cm³/mol. The molecule has 1 rings (SSSR count). The average Bonchev–Trinajstić information content (AvgIpc) is 2.21. The number of rotatable bonds is 3. The SMILES string of the molecule is C=CCC1([C@H](C)C(C)(C)C)C(=O)NC(=O)NC1=O. The summed E-state index contributed by atoms with van der Waals surface area (Å²) in [7, 11) is 0. The van der Waals surface area contributed by atoms with Gasteiger partial charge in [-0.05, 0) is 17.8 Å². The number of nitrogens with one attached hydrogen (secondary N) is 2. The van der Waals surface area contributed by atoms with Crippen molar-refractivity contribution in [1.29, 1.82) is 0 Å². The number of allylic oxidation sites excluding steroid dienone is 1. The summed E-state index contributed by atoms with van der Waals surface area (Å²) in [5.74, 6) is -1.33. The first kappa shape index (κ1) is 14.4. The second-order valence-corrected chi connectivity index (χ2v) is 5.79. The molecule has 0 aromatic heterocycles. The molecule has 1 saturated heterocycles. The minimum atomic E-state index is -1.27. The number of imide groups is 2. The Hall–Kier alpha value is -1.65. The number of amides is 4. The van der Waals surface area contributed by atoms with Crippen LogP contribution in [0.1, 0.15) is 34.1 Å². The molecule has 0 bridgehead atoms. The van der Waals surface area contributed by atoms with Crippen LogP contribution in [0.2, 0.25) is 0 Å². The van der Waals surface area contributed by atoms with Gasteiger partial charge in [0, 0.05) is 0 Å². The molecule has 5 heteroatoms. The second kappa shape index (κ2) is 4.55. The Morgan fingerprint density at radius 3 is 2.00 bits per heavy atom. The van der Waals surface area contributed by atoms with Crippen LogP contribution in [0.25, 0.3) is 0 Å². The van der Waals surface area contributed by atoms with E-state index in [9.17, 15) is 14.4 Å². The molecule has 0 spiro atoms. The standard InChI is InChI=1S/C13H20N2O3/c1-6-7-13(8(2)12(3,4)5)9(16)14-11(18)15-10(13)17/h6,8H,1,7H2,2-5H3,(H2,14,15,16,17,18)/t8-/m1/s1. The zero-order chi connectivity index (χ0) is 14.1. The molecule has 0 aliphatic carbocycles. The Bertz CT molecular complexity index is 387. The molecule has 0 radical (unpaired) electrons. The van der Waals surface area contributed by atoms with E-state index in [2.05, 4.69) is 17.2 Å². The Balaban J connectivity index is 3.29. The Labute approximate surface area is 107 Å². The fourth-order valence-corrected chi connectivity index (χ4v) is 2.29. The highest BCUT2D eigenvalue weighted by Gasteiger charge is 2.55. The third-order valence-corrected chi connectivity index (χ3v) is 3.77. The van der Waals surface area contributed by atoms with Gasteiger partial charge in [0.25, 0.3) is 0 Å². The summed E-state index contributed by atoms with van der Waals surface area (Å²) in [6, 6.07) is -0.759. The van der Waals surface area contributed by atoms with Gasteiger partial charge in [0.2, 0.25) is 11.8 Å². The van der Waals surface area contributed by atoms with Crippen molar-refractivity contribution in [3.8, 4) is 0 Å². The van der Waals surface area contributed by atoms with Crippen LogP contribution >= 0.6 is 0 Å². The molecule has 0 aromatic rings. The number of carbonyl (C=O) groups excluding carboxylic acids is 3. The van der Waals surface area contributed by atoms with Crippen LogP contribution in [0.3, 0.4) is 0 Å². The molecule has 0 saturated carbocycles. The van der Waals surface area contributed by atoms with E-state index in [1.807, 2.05) is 27.7 Å². The first-order valence-corrected chi connectivity index (χ1v) is 5.94. The first-order chi connectivity index (χ1) is 8.16. The molecule has 5 nitrogen and oxygen atoms in total. The number of barbiturate groups is 1. The van der Waals surface area contributed by atoms with Crippen molar-refractivity contribution >= 4 is 17.8 Å². The van der Waals surface area contributed by atoms with E-state index in [0.717, 1.165) is 0 Å². The van der Waals surface area contributed by atoms with E-state index in [4.69, 9.17) is 0 Å². The van der Waals surface area contributed by atoms with Gasteiger partial charge >= 0.3 is 6.03 Å². The normalized spacial score (nSPS) is 21.0. The van der Waals surface area contributed by atoms with Crippen molar-refractivity contribution in [1.82, 2.24) is 10.6 Å². The summed E-state index contributed by atoms with van der Waals surface area (Å²) in [5.41, 5.74) is -1.52. The quantitative estimate of drug-likeness (QED) is 0.591. The van der Waals surface area contributed by atoms with E-state index in [0.29, 0.717) is 0 Å². The zero-order valence-electron chi connectivity index (χ0n) is 11.3. The summed E-state index contributed by atoms with van der Waals surface area (Å²) in [6.45, 7) is 11.3. The lowest BCUT2D eigenvalue weighted by molar-refractivity contribution is -0.151. The van der Waals surface area contributed by atoms with Gasteiger partial charge in [-0.3, -0.25) is 20.2 Å². The highest BCUT2D eigenvalue weighted by atomic mass is 16.2. The monoisotopic (exact) mass is 252 g/mol. The minimum Gasteiger partial charge on any atom is -0.277 e.